The molecule has 2 aromatic rings. The van der Waals surface area contributed by atoms with Gasteiger partial charge in [0, 0.05) is 12.4 Å². The van der Waals surface area contributed by atoms with Crippen LogP contribution in [0.15, 0.2) is 47.7 Å². The fourth-order valence-electron chi connectivity index (χ4n) is 1.61. The van der Waals surface area contributed by atoms with Gasteiger partial charge in [-0.05, 0) is 35.4 Å². The number of nitrogens with two attached hydrogens (primary N) is 2. The van der Waals surface area contributed by atoms with Gasteiger partial charge in [-0.3, -0.25) is 9.78 Å². The molecule has 5 N–H and O–H groups in total. The lowest BCUT2D eigenvalue weighted by Gasteiger charge is -2.05. The number of rotatable bonds is 2. The van der Waals surface area contributed by atoms with Crippen molar-refractivity contribution in [1.29, 1.82) is 0 Å². The Hall–Kier alpha value is -2.89. The molecule has 1 amide bonds. The molecule has 0 fully saturated rings. The normalized spacial score (nSPS) is 9.89. The molecule has 2 rings (SSSR count). The van der Waals surface area contributed by atoms with Gasteiger partial charge in [-0.15, -0.1) is 0 Å². The van der Waals surface area contributed by atoms with E-state index in [2.05, 4.69) is 9.98 Å². The zero-order chi connectivity index (χ0) is 13.8. The Labute approximate surface area is 109 Å². The molecule has 0 radical (unpaired) electrons. The van der Waals surface area contributed by atoms with Crippen molar-refractivity contribution in [1.82, 2.24) is 4.98 Å². The molecular weight excluding hydrogens is 244 g/mol. The first-order chi connectivity index (χ1) is 9.08. The summed E-state index contributed by atoms with van der Waals surface area (Å²) in [4.78, 5) is 19.1. The zero-order valence-corrected chi connectivity index (χ0v) is 9.95. The third kappa shape index (κ3) is 2.86. The van der Waals surface area contributed by atoms with Gasteiger partial charge >= 0.3 is 0 Å². The number of pyridine rings is 1. The zero-order valence-electron chi connectivity index (χ0n) is 9.95. The highest BCUT2D eigenvalue weighted by Crippen LogP contribution is 2.26. The number of phenols is 1. The van der Waals surface area contributed by atoms with Gasteiger partial charge in [0.05, 0.1) is 5.56 Å². The summed E-state index contributed by atoms with van der Waals surface area (Å²) in [5.74, 6) is -1.21. The van der Waals surface area contributed by atoms with Crippen molar-refractivity contribution in [3.05, 3.63) is 48.3 Å². The maximum absolute atomic E-state index is 11.7. The van der Waals surface area contributed by atoms with Gasteiger partial charge in [0.2, 0.25) is 0 Å². The Bertz CT molecular complexity index is 634. The Morgan fingerprint density at radius 2 is 1.79 bits per heavy atom. The maximum Gasteiger partial charge on any atom is 0.283 e. The van der Waals surface area contributed by atoms with E-state index in [9.17, 15) is 9.90 Å². The highest BCUT2D eigenvalue weighted by atomic mass is 16.3. The number of phenolic OH excluding ortho intramolecular Hbond substituents is 1. The lowest BCUT2D eigenvalue weighted by atomic mass is 10.0. The molecule has 0 aliphatic carbocycles. The van der Waals surface area contributed by atoms with Crippen molar-refractivity contribution in [3.63, 3.8) is 0 Å². The third-order valence-corrected chi connectivity index (χ3v) is 2.47. The molecule has 0 spiro atoms. The molecule has 0 bridgehead atoms. The van der Waals surface area contributed by atoms with E-state index in [0.717, 1.165) is 11.1 Å². The second-order valence-electron chi connectivity index (χ2n) is 3.81. The van der Waals surface area contributed by atoms with Crippen LogP contribution in [0.25, 0.3) is 11.1 Å². The molecule has 96 valence electrons. The minimum atomic E-state index is -0.687. The Balaban J connectivity index is 2.46. The smallest absolute Gasteiger partial charge is 0.283 e. The van der Waals surface area contributed by atoms with E-state index in [1.165, 1.54) is 12.1 Å². The summed E-state index contributed by atoms with van der Waals surface area (Å²) >= 11 is 0. The third-order valence-electron chi connectivity index (χ3n) is 2.47. The fourth-order valence-corrected chi connectivity index (χ4v) is 1.61. The molecule has 1 heterocycles. The lowest BCUT2D eigenvalue weighted by molar-refractivity contribution is 0.1000. The number of carbonyl (C=O) groups excluding carboxylic acids is 1. The predicted molar refractivity (Wildman–Crippen MR) is 71.5 cm³/mol. The average molecular weight is 256 g/mol. The van der Waals surface area contributed by atoms with Gasteiger partial charge in [0.15, 0.2) is 5.96 Å². The van der Waals surface area contributed by atoms with Crippen molar-refractivity contribution in [3.8, 4) is 16.9 Å². The second-order valence-corrected chi connectivity index (χ2v) is 3.81. The molecule has 0 atom stereocenters. The summed E-state index contributed by atoms with van der Waals surface area (Å²) in [5.41, 5.74) is 12.0. The number of aromatic nitrogens is 1. The summed E-state index contributed by atoms with van der Waals surface area (Å²) in [7, 11) is 0. The minimum Gasteiger partial charge on any atom is -0.507 e. The molecular formula is C13H12N4O2. The fraction of sp³-hybridized carbons (Fsp3) is 0. The van der Waals surface area contributed by atoms with Gasteiger partial charge < -0.3 is 16.6 Å². The molecule has 0 saturated heterocycles. The van der Waals surface area contributed by atoms with E-state index in [0.29, 0.717) is 0 Å². The number of guanidine groups is 1. The van der Waals surface area contributed by atoms with Crippen LogP contribution in [0.4, 0.5) is 0 Å². The van der Waals surface area contributed by atoms with Crippen molar-refractivity contribution in [2.45, 2.75) is 0 Å². The van der Waals surface area contributed by atoms with Crippen LogP contribution in [0, 0.1) is 0 Å². The van der Waals surface area contributed by atoms with Gasteiger partial charge in [0.1, 0.15) is 5.75 Å². The molecule has 0 aliphatic rings. The number of benzene rings is 1. The summed E-state index contributed by atoms with van der Waals surface area (Å²) in [6.07, 6.45) is 3.28. The summed E-state index contributed by atoms with van der Waals surface area (Å²) in [5, 5.41) is 9.68. The topological polar surface area (TPSA) is 115 Å². The van der Waals surface area contributed by atoms with Crippen molar-refractivity contribution < 1.29 is 9.90 Å². The highest BCUT2D eigenvalue weighted by Gasteiger charge is 2.12. The molecule has 19 heavy (non-hydrogen) atoms. The summed E-state index contributed by atoms with van der Waals surface area (Å²) < 4.78 is 0. The van der Waals surface area contributed by atoms with Gasteiger partial charge in [0.25, 0.3) is 5.91 Å². The standard InChI is InChI=1S/C13H12N4O2/c14-13(15)17-12(19)10-7-9(1-2-11(10)18)8-3-5-16-6-4-8/h1-7,18H,(H4,14,15,17,19). The number of hydrogen-bond donors (Lipinski definition) is 3. The molecule has 6 nitrogen and oxygen atoms in total. The summed E-state index contributed by atoms with van der Waals surface area (Å²) in [6, 6.07) is 8.23. The number of amides is 1. The SMILES string of the molecule is NC(N)=NC(=O)c1cc(-c2ccncc2)ccc1O. The van der Waals surface area contributed by atoms with Crippen LogP contribution in [0.5, 0.6) is 5.75 Å². The Morgan fingerprint density at radius 1 is 1.11 bits per heavy atom. The first-order valence-corrected chi connectivity index (χ1v) is 5.45. The first kappa shape index (κ1) is 12.6. The first-order valence-electron chi connectivity index (χ1n) is 5.45. The lowest BCUT2D eigenvalue weighted by Crippen LogP contribution is -2.24. The molecule has 1 aromatic carbocycles. The van der Waals surface area contributed by atoms with Crippen LogP contribution in [-0.4, -0.2) is 22.0 Å². The predicted octanol–water partition coefficient (Wildman–Crippen LogP) is 0.868. The molecule has 0 saturated carbocycles. The van der Waals surface area contributed by atoms with Crippen LogP contribution in [-0.2, 0) is 0 Å². The second kappa shape index (κ2) is 5.18. The summed E-state index contributed by atoms with van der Waals surface area (Å²) in [6.45, 7) is 0. The Kier molecular flexibility index (Phi) is 3.42. The van der Waals surface area contributed by atoms with E-state index in [-0.39, 0.29) is 17.3 Å². The average Bonchev–Trinajstić information content (AvgIpc) is 2.39. The van der Waals surface area contributed by atoms with Gasteiger partial charge in [-0.25, -0.2) is 0 Å². The van der Waals surface area contributed by atoms with Crippen molar-refractivity contribution >= 4 is 11.9 Å². The Morgan fingerprint density at radius 3 is 2.42 bits per heavy atom. The monoisotopic (exact) mass is 256 g/mol. The van der Waals surface area contributed by atoms with E-state index < -0.39 is 5.91 Å². The van der Waals surface area contributed by atoms with Gasteiger partial charge in [-0.1, -0.05) is 6.07 Å². The van der Waals surface area contributed by atoms with Crippen LogP contribution in [0.3, 0.4) is 0 Å². The quantitative estimate of drug-likeness (QED) is 0.544. The number of carbonyl (C=O) groups is 1. The number of hydrogen-bond acceptors (Lipinski definition) is 3. The van der Waals surface area contributed by atoms with Gasteiger partial charge in [-0.2, -0.15) is 4.99 Å². The largest absolute Gasteiger partial charge is 0.507 e. The van der Waals surface area contributed by atoms with Crippen molar-refractivity contribution in [2.24, 2.45) is 16.5 Å². The van der Waals surface area contributed by atoms with Crippen LogP contribution in [0.1, 0.15) is 10.4 Å². The molecule has 1 aromatic heterocycles. The van der Waals surface area contributed by atoms with E-state index in [1.807, 2.05) is 0 Å². The van der Waals surface area contributed by atoms with Crippen LogP contribution in [0.2, 0.25) is 0 Å². The number of aromatic hydroxyl groups is 1. The molecule has 6 heteroatoms. The van der Waals surface area contributed by atoms with Crippen LogP contribution < -0.4 is 11.5 Å². The highest BCUT2D eigenvalue weighted by molar-refractivity contribution is 6.04. The molecule has 0 aliphatic heterocycles. The van der Waals surface area contributed by atoms with E-state index >= 15 is 0 Å². The van der Waals surface area contributed by atoms with E-state index in [4.69, 9.17) is 11.5 Å². The minimum absolute atomic E-state index is 0.0442. The number of nitrogens with zero attached hydrogens (tertiary/aromatic N) is 2. The van der Waals surface area contributed by atoms with E-state index in [1.54, 1.807) is 30.6 Å². The number of aliphatic imine (C=N–C) groups is 1. The maximum atomic E-state index is 11.7. The van der Waals surface area contributed by atoms with Crippen molar-refractivity contribution in [2.75, 3.05) is 0 Å². The van der Waals surface area contributed by atoms with Crippen LogP contribution >= 0.6 is 0 Å². The molecule has 0 unspecified atom stereocenters.